The maximum absolute atomic E-state index is 11.6. The van der Waals surface area contributed by atoms with Gasteiger partial charge in [0.15, 0.2) is 0 Å². The number of carbonyl (C=O) groups excluding carboxylic acids is 1. The van der Waals surface area contributed by atoms with Crippen molar-refractivity contribution in [1.82, 2.24) is 15.0 Å². The molecule has 4 rings (SSSR count). The molecule has 26 heavy (non-hydrogen) atoms. The monoisotopic (exact) mass is 351 g/mol. The van der Waals surface area contributed by atoms with Crippen molar-refractivity contribution in [3.05, 3.63) is 42.1 Å². The number of aromatic nitrogens is 3. The number of imidazole rings is 1. The number of benzene rings is 1. The lowest BCUT2D eigenvalue weighted by molar-refractivity contribution is 0.100. The minimum Gasteiger partial charge on any atom is -0.387 e. The molecule has 1 fully saturated rings. The molecule has 8 heteroatoms. The Morgan fingerprint density at radius 3 is 2.58 bits per heavy atom. The number of nitrogens with two attached hydrogens (primary N) is 1. The quantitative estimate of drug-likeness (QED) is 0.657. The minimum atomic E-state index is -0.463. The zero-order valence-corrected chi connectivity index (χ0v) is 14.6. The summed E-state index contributed by atoms with van der Waals surface area (Å²) in [5.41, 5.74) is 8.34. The summed E-state index contributed by atoms with van der Waals surface area (Å²) in [6.07, 6.45) is 1.84. The van der Waals surface area contributed by atoms with Gasteiger partial charge < -0.3 is 25.8 Å². The van der Waals surface area contributed by atoms with E-state index in [4.69, 9.17) is 5.73 Å². The number of piperazine rings is 1. The lowest BCUT2D eigenvalue weighted by Gasteiger charge is -2.35. The molecule has 134 valence electrons. The van der Waals surface area contributed by atoms with Gasteiger partial charge in [0.25, 0.3) is 5.91 Å². The Labute approximate surface area is 151 Å². The molecule has 0 spiro atoms. The van der Waals surface area contributed by atoms with E-state index in [1.807, 2.05) is 37.5 Å². The minimum absolute atomic E-state index is 0.442. The van der Waals surface area contributed by atoms with Gasteiger partial charge in [-0.05, 0) is 24.3 Å². The number of aromatic amines is 1. The van der Waals surface area contributed by atoms with E-state index in [-0.39, 0.29) is 0 Å². The zero-order valence-electron chi connectivity index (χ0n) is 14.6. The van der Waals surface area contributed by atoms with Gasteiger partial charge in [-0.1, -0.05) is 6.07 Å². The number of primary amides is 1. The fraction of sp³-hybridized carbons (Fsp3) is 0.278. The van der Waals surface area contributed by atoms with Crippen LogP contribution in [0.4, 0.5) is 17.5 Å². The molecule has 1 amide bonds. The molecule has 0 unspecified atom stereocenters. The number of amides is 1. The molecular formula is C18H21N7O. The van der Waals surface area contributed by atoms with E-state index in [0.29, 0.717) is 11.1 Å². The summed E-state index contributed by atoms with van der Waals surface area (Å²) >= 11 is 0. The summed E-state index contributed by atoms with van der Waals surface area (Å²) in [6, 6.07) is 9.47. The number of carbonyl (C=O) groups is 1. The molecule has 0 bridgehead atoms. The number of fused-ring (bicyclic) bond motifs is 1. The normalized spacial score (nSPS) is 14.7. The standard InChI is InChI=1S/C18H21N7O/c1-20-12-5-6-15(21-11-12)24-7-9-25(10-8-24)18-22-14-4-2-3-13(17(19)26)16(14)23-18/h2-6,11,20H,7-10H2,1H3,(H2,19,26)(H,22,23). The Morgan fingerprint density at radius 1 is 1.15 bits per heavy atom. The van der Waals surface area contributed by atoms with E-state index in [9.17, 15) is 4.79 Å². The maximum atomic E-state index is 11.6. The number of nitrogens with zero attached hydrogens (tertiary/aromatic N) is 4. The van der Waals surface area contributed by atoms with E-state index in [1.165, 1.54) is 0 Å². The Balaban J connectivity index is 1.50. The third-order valence-corrected chi connectivity index (χ3v) is 4.71. The van der Waals surface area contributed by atoms with E-state index < -0.39 is 5.91 Å². The molecule has 3 heterocycles. The first-order chi connectivity index (χ1) is 12.7. The first kappa shape index (κ1) is 16.2. The van der Waals surface area contributed by atoms with Crippen molar-refractivity contribution >= 4 is 34.4 Å². The third kappa shape index (κ3) is 2.90. The first-order valence-corrected chi connectivity index (χ1v) is 8.58. The number of nitrogens with one attached hydrogen (secondary N) is 2. The smallest absolute Gasteiger partial charge is 0.250 e. The van der Waals surface area contributed by atoms with Crippen LogP contribution in [0.5, 0.6) is 0 Å². The van der Waals surface area contributed by atoms with Gasteiger partial charge in [0.05, 0.1) is 23.0 Å². The second-order valence-corrected chi connectivity index (χ2v) is 6.26. The van der Waals surface area contributed by atoms with E-state index >= 15 is 0 Å². The molecule has 0 saturated carbocycles. The van der Waals surface area contributed by atoms with Crippen LogP contribution in [0.1, 0.15) is 10.4 Å². The van der Waals surface area contributed by atoms with E-state index in [0.717, 1.165) is 49.1 Å². The van der Waals surface area contributed by atoms with Crippen molar-refractivity contribution in [2.45, 2.75) is 0 Å². The number of hydrogen-bond donors (Lipinski definition) is 3. The molecule has 0 atom stereocenters. The molecule has 1 aliphatic heterocycles. The van der Waals surface area contributed by atoms with Crippen molar-refractivity contribution in [2.75, 3.05) is 48.3 Å². The number of para-hydroxylation sites is 1. The Kier molecular flexibility index (Phi) is 4.08. The molecule has 3 aromatic rings. The number of H-pyrrole nitrogens is 1. The van der Waals surface area contributed by atoms with E-state index in [1.54, 1.807) is 6.07 Å². The summed E-state index contributed by atoms with van der Waals surface area (Å²) in [5.74, 6) is 1.28. The summed E-state index contributed by atoms with van der Waals surface area (Å²) < 4.78 is 0. The number of rotatable bonds is 4. The molecule has 0 radical (unpaired) electrons. The highest BCUT2D eigenvalue weighted by atomic mass is 16.1. The van der Waals surface area contributed by atoms with Crippen LogP contribution in [-0.2, 0) is 0 Å². The molecule has 4 N–H and O–H groups in total. The first-order valence-electron chi connectivity index (χ1n) is 8.58. The van der Waals surface area contributed by atoms with Gasteiger partial charge in [-0.3, -0.25) is 4.79 Å². The van der Waals surface area contributed by atoms with Crippen LogP contribution >= 0.6 is 0 Å². The van der Waals surface area contributed by atoms with Crippen LogP contribution in [0.2, 0.25) is 0 Å². The number of pyridine rings is 1. The van der Waals surface area contributed by atoms with Gasteiger partial charge in [-0.2, -0.15) is 0 Å². The van der Waals surface area contributed by atoms with Crippen LogP contribution in [0.15, 0.2) is 36.5 Å². The second kappa shape index (κ2) is 6.55. The fourth-order valence-electron chi connectivity index (χ4n) is 3.24. The van der Waals surface area contributed by atoms with Crippen LogP contribution in [0.3, 0.4) is 0 Å². The Hall–Kier alpha value is -3.29. The summed E-state index contributed by atoms with van der Waals surface area (Å²) in [5, 5.41) is 3.08. The van der Waals surface area contributed by atoms with E-state index in [2.05, 4.69) is 30.1 Å². The predicted octanol–water partition coefficient (Wildman–Crippen LogP) is 1.43. The Bertz CT molecular complexity index is 926. The number of hydrogen-bond acceptors (Lipinski definition) is 6. The van der Waals surface area contributed by atoms with Crippen molar-refractivity contribution < 1.29 is 4.79 Å². The van der Waals surface area contributed by atoms with Gasteiger partial charge in [-0.25, -0.2) is 9.97 Å². The maximum Gasteiger partial charge on any atom is 0.250 e. The molecule has 1 saturated heterocycles. The average Bonchev–Trinajstić information content (AvgIpc) is 3.12. The molecule has 1 aromatic carbocycles. The highest BCUT2D eigenvalue weighted by molar-refractivity contribution is 6.04. The van der Waals surface area contributed by atoms with Gasteiger partial charge in [0.2, 0.25) is 5.95 Å². The van der Waals surface area contributed by atoms with Crippen molar-refractivity contribution in [3.63, 3.8) is 0 Å². The van der Waals surface area contributed by atoms with Gasteiger partial charge >= 0.3 is 0 Å². The molecule has 0 aliphatic carbocycles. The van der Waals surface area contributed by atoms with Crippen LogP contribution < -0.4 is 20.9 Å². The lowest BCUT2D eigenvalue weighted by atomic mass is 10.2. The van der Waals surface area contributed by atoms with Gasteiger partial charge in [-0.15, -0.1) is 0 Å². The van der Waals surface area contributed by atoms with Gasteiger partial charge in [0.1, 0.15) is 11.3 Å². The summed E-state index contributed by atoms with van der Waals surface area (Å²) in [6.45, 7) is 3.35. The predicted molar refractivity (Wildman–Crippen MR) is 103 cm³/mol. The largest absolute Gasteiger partial charge is 0.387 e. The van der Waals surface area contributed by atoms with Crippen LogP contribution in [0, 0.1) is 0 Å². The van der Waals surface area contributed by atoms with Crippen molar-refractivity contribution in [1.29, 1.82) is 0 Å². The fourth-order valence-corrected chi connectivity index (χ4v) is 3.24. The highest BCUT2D eigenvalue weighted by Gasteiger charge is 2.21. The highest BCUT2D eigenvalue weighted by Crippen LogP contribution is 2.23. The zero-order chi connectivity index (χ0) is 18.1. The topological polar surface area (TPSA) is 103 Å². The summed E-state index contributed by atoms with van der Waals surface area (Å²) in [7, 11) is 1.88. The third-order valence-electron chi connectivity index (χ3n) is 4.71. The van der Waals surface area contributed by atoms with Crippen LogP contribution in [0.25, 0.3) is 11.0 Å². The van der Waals surface area contributed by atoms with Gasteiger partial charge in [0, 0.05) is 33.2 Å². The van der Waals surface area contributed by atoms with Crippen LogP contribution in [-0.4, -0.2) is 54.1 Å². The SMILES string of the molecule is CNc1ccc(N2CCN(c3nc4c(C(N)=O)cccc4[nH]3)CC2)nc1. The molecular weight excluding hydrogens is 330 g/mol. The molecule has 8 nitrogen and oxygen atoms in total. The summed E-state index contributed by atoms with van der Waals surface area (Å²) in [4.78, 5) is 28.4. The molecule has 1 aliphatic rings. The Morgan fingerprint density at radius 2 is 1.92 bits per heavy atom. The average molecular weight is 351 g/mol. The van der Waals surface area contributed by atoms with Crippen molar-refractivity contribution in [3.8, 4) is 0 Å². The number of anilines is 3. The lowest BCUT2D eigenvalue weighted by Crippen LogP contribution is -2.47. The molecule has 2 aromatic heterocycles. The second-order valence-electron chi connectivity index (χ2n) is 6.26. The van der Waals surface area contributed by atoms with Crippen molar-refractivity contribution in [2.24, 2.45) is 5.73 Å².